The summed E-state index contributed by atoms with van der Waals surface area (Å²) in [4.78, 5) is 39.2. The molecule has 2 aliphatic heterocycles. The molecule has 2 aromatic rings. The Morgan fingerprint density at radius 3 is 2.41 bits per heavy atom. The standard InChI is InChI=1S/C24H27N3O5/c1-14(2)16-5-7-17(8-6-16)15(3)25-21(28)12-27-22(29)24(4,26-23(27)30)18-9-10-19-20(11-18)32-13-31-19/h5-11,14-15H,12-13H2,1-4H3,(H,25,28)(H,26,30)/t15-,24-/m0/s1. The number of carbonyl (C=O) groups is 3. The molecule has 0 aromatic heterocycles. The molecule has 32 heavy (non-hydrogen) atoms. The molecular weight excluding hydrogens is 410 g/mol. The number of nitrogens with zero attached hydrogens (tertiary/aromatic N) is 1. The molecule has 168 valence electrons. The Hall–Kier alpha value is -3.55. The van der Waals surface area contributed by atoms with Crippen molar-refractivity contribution in [2.45, 2.75) is 45.2 Å². The molecule has 4 rings (SSSR count). The third-order valence-corrected chi connectivity index (χ3v) is 6.01. The average molecular weight is 437 g/mol. The van der Waals surface area contributed by atoms with Crippen LogP contribution in [0, 0.1) is 0 Å². The molecule has 2 aromatic carbocycles. The molecule has 0 bridgehead atoms. The van der Waals surface area contributed by atoms with Gasteiger partial charge in [0.15, 0.2) is 11.5 Å². The van der Waals surface area contributed by atoms with Crippen LogP contribution in [0.1, 0.15) is 56.3 Å². The summed E-state index contributed by atoms with van der Waals surface area (Å²) in [6, 6.07) is 12.2. The molecule has 8 heteroatoms. The summed E-state index contributed by atoms with van der Waals surface area (Å²) in [5, 5.41) is 5.57. The van der Waals surface area contributed by atoms with Gasteiger partial charge in [-0.05, 0) is 48.6 Å². The smallest absolute Gasteiger partial charge is 0.325 e. The van der Waals surface area contributed by atoms with Gasteiger partial charge in [-0.25, -0.2) is 4.79 Å². The van der Waals surface area contributed by atoms with Gasteiger partial charge in [-0.3, -0.25) is 14.5 Å². The number of urea groups is 1. The Labute approximate surface area is 186 Å². The minimum atomic E-state index is -1.30. The van der Waals surface area contributed by atoms with Crippen molar-refractivity contribution in [3.8, 4) is 11.5 Å². The summed E-state index contributed by atoms with van der Waals surface area (Å²) in [5.41, 5.74) is 1.43. The van der Waals surface area contributed by atoms with Crippen molar-refractivity contribution in [2.75, 3.05) is 13.3 Å². The second-order valence-corrected chi connectivity index (χ2v) is 8.63. The average Bonchev–Trinajstić information content (AvgIpc) is 3.32. The van der Waals surface area contributed by atoms with Crippen molar-refractivity contribution < 1.29 is 23.9 Å². The summed E-state index contributed by atoms with van der Waals surface area (Å²) in [7, 11) is 0. The first-order valence-corrected chi connectivity index (χ1v) is 10.6. The number of rotatable bonds is 6. The summed E-state index contributed by atoms with van der Waals surface area (Å²) in [5.74, 6) is 0.613. The molecule has 2 N–H and O–H groups in total. The van der Waals surface area contributed by atoms with Crippen LogP contribution in [0.4, 0.5) is 4.79 Å². The maximum Gasteiger partial charge on any atom is 0.325 e. The van der Waals surface area contributed by atoms with E-state index >= 15 is 0 Å². The molecule has 2 atom stereocenters. The number of ether oxygens (including phenoxy) is 2. The van der Waals surface area contributed by atoms with Gasteiger partial charge in [-0.15, -0.1) is 0 Å². The molecule has 0 aliphatic carbocycles. The summed E-state index contributed by atoms with van der Waals surface area (Å²) in [6.07, 6.45) is 0. The van der Waals surface area contributed by atoms with E-state index in [1.807, 2.05) is 31.2 Å². The van der Waals surface area contributed by atoms with Crippen molar-refractivity contribution in [1.29, 1.82) is 0 Å². The number of hydrogen-bond donors (Lipinski definition) is 2. The Kier molecular flexibility index (Phi) is 5.54. The zero-order chi connectivity index (χ0) is 23.0. The third kappa shape index (κ3) is 3.88. The van der Waals surface area contributed by atoms with Crippen molar-refractivity contribution >= 4 is 17.8 Å². The number of carbonyl (C=O) groups excluding carboxylic acids is 3. The van der Waals surface area contributed by atoms with Gasteiger partial charge in [0.1, 0.15) is 12.1 Å². The van der Waals surface area contributed by atoms with Crippen LogP contribution < -0.4 is 20.1 Å². The van der Waals surface area contributed by atoms with Crippen LogP contribution in [-0.2, 0) is 15.1 Å². The second-order valence-electron chi connectivity index (χ2n) is 8.63. The van der Waals surface area contributed by atoms with Crippen LogP contribution in [0.2, 0.25) is 0 Å². The maximum atomic E-state index is 13.1. The summed E-state index contributed by atoms with van der Waals surface area (Å²) >= 11 is 0. The molecule has 2 aliphatic rings. The van der Waals surface area contributed by atoms with Gasteiger partial charge < -0.3 is 20.1 Å². The Balaban J connectivity index is 1.43. The molecule has 4 amide bonds. The van der Waals surface area contributed by atoms with E-state index in [9.17, 15) is 14.4 Å². The minimum Gasteiger partial charge on any atom is -0.454 e. The molecule has 1 saturated heterocycles. The quantitative estimate of drug-likeness (QED) is 0.677. The zero-order valence-electron chi connectivity index (χ0n) is 18.6. The van der Waals surface area contributed by atoms with E-state index in [4.69, 9.17) is 9.47 Å². The van der Waals surface area contributed by atoms with Crippen LogP contribution in [0.5, 0.6) is 11.5 Å². The van der Waals surface area contributed by atoms with Gasteiger partial charge in [-0.2, -0.15) is 0 Å². The normalized spacial score (nSPS) is 20.5. The van der Waals surface area contributed by atoms with Crippen LogP contribution >= 0.6 is 0 Å². The summed E-state index contributed by atoms with van der Waals surface area (Å²) < 4.78 is 10.7. The van der Waals surface area contributed by atoms with E-state index in [0.29, 0.717) is 23.0 Å². The van der Waals surface area contributed by atoms with E-state index < -0.39 is 23.4 Å². The lowest BCUT2D eigenvalue weighted by atomic mass is 9.91. The monoisotopic (exact) mass is 437 g/mol. The predicted octanol–water partition coefficient (Wildman–Crippen LogP) is 3.18. The van der Waals surface area contributed by atoms with E-state index in [1.54, 1.807) is 25.1 Å². The Morgan fingerprint density at radius 1 is 1.06 bits per heavy atom. The maximum absolute atomic E-state index is 13.1. The SMILES string of the molecule is CC(C)c1ccc([C@H](C)NC(=O)CN2C(=O)N[C@@](C)(c3ccc4c(c3)OCO4)C2=O)cc1. The number of hydrogen-bond acceptors (Lipinski definition) is 5. The molecular formula is C24H27N3O5. The zero-order valence-corrected chi connectivity index (χ0v) is 18.6. The van der Waals surface area contributed by atoms with E-state index in [2.05, 4.69) is 24.5 Å². The highest BCUT2D eigenvalue weighted by molar-refractivity contribution is 6.09. The van der Waals surface area contributed by atoms with Gasteiger partial charge in [-0.1, -0.05) is 44.2 Å². The van der Waals surface area contributed by atoms with Crippen LogP contribution in [0.3, 0.4) is 0 Å². The fourth-order valence-corrected chi connectivity index (χ4v) is 3.93. The number of benzene rings is 2. The first kappa shape index (κ1) is 21.7. The first-order chi connectivity index (χ1) is 15.2. The van der Waals surface area contributed by atoms with Gasteiger partial charge in [0.05, 0.1) is 6.04 Å². The highest BCUT2D eigenvalue weighted by Gasteiger charge is 2.50. The topological polar surface area (TPSA) is 97.0 Å². The molecule has 0 spiro atoms. The molecule has 1 fully saturated rings. The summed E-state index contributed by atoms with van der Waals surface area (Å²) in [6.45, 7) is 7.47. The fraction of sp³-hybridized carbons (Fsp3) is 0.375. The molecule has 0 saturated carbocycles. The van der Waals surface area contributed by atoms with Crippen LogP contribution in [0.25, 0.3) is 0 Å². The Morgan fingerprint density at radius 2 is 1.72 bits per heavy atom. The largest absolute Gasteiger partial charge is 0.454 e. The van der Waals surface area contributed by atoms with Crippen molar-refractivity contribution in [1.82, 2.24) is 15.5 Å². The minimum absolute atomic E-state index is 0.112. The Bertz CT molecular complexity index is 1070. The number of fused-ring (bicyclic) bond motifs is 1. The van der Waals surface area contributed by atoms with E-state index in [1.165, 1.54) is 5.56 Å². The lowest BCUT2D eigenvalue weighted by Crippen LogP contribution is -2.43. The second kappa shape index (κ2) is 8.18. The lowest BCUT2D eigenvalue weighted by Gasteiger charge is -2.22. The van der Waals surface area contributed by atoms with Crippen molar-refractivity contribution in [2.24, 2.45) is 0 Å². The molecule has 8 nitrogen and oxygen atoms in total. The third-order valence-electron chi connectivity index (χ3n) is 6.01. The fourth-order valence-electron chi connectivity index (χ4n) is 3.93. The van der Waals surface area contributed by atoms with Crippen molar-refractivity contribution in [3.05, 3.63) is 59.2 Å². The molecule has 0 radical (unpaired) electrons. The highest BCUT2D eigenvalue weighted by Crippen LogP contribution is 2.37. The van der Waals surface area contributed by atoms with Gasteiger partial charge in [0.2, 0.25) is 12.7 Å². The van der Waals surface area contributed by atoms with Crippen LogP contribution in [-0.4, -0.2) is 36.1 Å². The number of amides is 4. The first-order valence-electron chi connectivity index (χ1n) is 10.6. The van der Waals surface area contributed by atoms with E-state index in [-0.39, 0.29) is 19.4 Å². The predicted molar refractivity (Wildman–Crippen MR) is 117 cm³/mol. The van der Waals surface area contributed by atoms with Crippen molar-refractivity contribution in [3.63, 3.8) is 0 Å². The number of imide groups is 1. The van der Waals surface area contributed by atoms with Gasteiger partial charge in [0, 0.05) is 0 Å². The van der Waals surface area contributed by atoms with Gasteiger partial charge in [0.25, 0.3) is 5.91 Å². The lowest BCUT2D eigenvalue weighted by molar-refractivity contribution is -0.135. The highest BCUT2D eigenvalue weighted by atomic mass is 16.7. The molecule has 0 unspecified atom stereocenters. The van der Waals surface area contributed by atoms with Crippen LogP contribution in [0.15, 0.2) is 42.5 Å². The van der Waals surface area contributed by atoms with Gasteiger partial charge >= 0.3 is 6.03 Å². The number of nitrogens with one attached hydrogen (secondary N) is 2. The van der Waals surface area contributed by atoms with E-state index in [0.717, 1.165) is 10.5 Å². The molecule has 2 heterocycles.